The zero-order valence-corrected chi connectivity index (χ0v) is 17.8. The van der Waals surface area contributed by atoms with Crippen molar-refractivity contribution in [2.75, 3.05) is 12.0 Å². The highest BCUT2D eigenvalue weighted by molar-refractivity contribution is 8.03. The fraction of sp³-hybridized carbons (Fsp3) is 0.182. The summed E-state index contributed by atoms with van der Waals surface area (Å²) in [5.41, 5.74) is 2.10. The van der Waals surface area contributed by atoms with Crippen molar-refractivity contribution in [1.29, 1.82) is 0 Å². The van der Waals surface area contributed by atoms with Gasteiger partial charge in [0.25, 0.3) is 0 Å². The molecule has 0 bridgehead atoms. The molecular formula is C22H20N2S3. The van der Waals surface area contributed by atoms with Crippen LogP contribution in [0.3, 0.4) is 0 Å². The van der Waals surface area contributed by atoms with E-state index in [1.165, 1.54) is 30.4 Å². The highest BCUT2D eigenvalue weighted by atomic mass is 32.2. The first-order valence-corrected chi connectivity index (χ1v) is 11.9. The highest BCUT2D eigenvalue weighted by Gasteiger charge is 2.15. The van der Waals surface area contributed by atoms with Gasteiger partial charge in [0, 0.05) is 42.7 Å². The SMILES string of the molecule is CCCSc1c(Sc2c(SC)cnc3ccccc23)cnc2ccccc12. The Morgan fingerprint density at radius 1 is 0.778 bits per heavy atom. The van der Waals surface area contributed by atoms with Gasteiger partial charge in [-0.2, -0.15) is 0 Å². The molecule has 0 amide bonds. The molecule has 5 heteroatoms. The van der Waals surface area contributed by atoms with Crippen LogP contribution in [0.25, 0.3) is 21.8 Å². The van der Waals surface area contributed by atoms with E-state index in [1.807, 2.05) is 42.0 Å². The first-order valence-electron chi connectivity index (χ1n) is 8.92. The predicted octanol–water partition coefficient (Wildman–Crippen LogP) is 7.16. The third-order valence-corrected chi connectivity index (χ3v) is 7.79. The summed E-state index contributed by atoms with van der Waals surface area (Å²) in [5.74, 6) is 1.11. The minimum atomic E-state index is 1.04. The molecule has 0 unspecified atom stereocenters. The Morgan fingerprint density at radius 2 is 1.37 bits per heavy atom. The highest BCUT2D eigenvalue weighted by Crippen LogP contribution is 2.44. The summed E-state index contributed by atoms with van der Waals surface area (Å²) in [7, 11) is 0. The van der Waals surface area contributed by atoms with Crippen molar-refractivity contribution in [3.05, 3.63) is 60.9 Å². The zero-order valence-electron chi connectivity index (χ0n) is 15.3. The number of hydrogen-bond acceptors (Lipinski definition) is 5. The van der Waals surface area contributed by atoms with Gasteiger partial charge in [-0.1, -0.05) is 55.1 Å². The summed E-state index contributed by atoms with van der Waals surface area (Å²) >= 11 is 5.49. The molecule has 0 atom stereocenters. The molecule has 4 rings (SSSR count). The van der Waals surface area contributed by atoms with E-state index in [1.54, 1.807) is 11.8 Å². The maximum absolute atomic E-state index is 4.73. The number of aromatic nitrogens is 2. The summed E-state index contributed by atoms with van der Waals surface area (Å²) in [4.78, 5) is 14.4. The van der Waals surface area contributed by atoms with Gasteiger partial charge in [0.05, 0.1) is 11.0 Å². The number of thioether (sulfide) groups is 2. The number of rotatable bonds is 6. The van der Waals surface area contributed by atoms with Gasteiger partial charge >= 0.3 is 0 Å². The van der Waals surface area contributed by atoms with Crippen LogP contribution in [-0.4, -0.2) is 22.0 Å². The van der Waals surface area contributed by atoms with Gasteiger partial charge in [0.2, 0.25) is 0 Å². The molecule has 2 heterocycles. The first-order chi connectivity index (χ1) is 13.3. The molecule has 0 aliphatic heterocycles. The van der Waals surface area contributed by atoms with Crippen LogP contribution in [-0.2, 0) is 0 Å². The van der Waals surface area contributed by atoms with Crippen molar-refractivity contribution in [3.63, 3.8) is 0 Å². The van der Waals surface area contributed by atoms with Crippen molar-refractivity contribution in [3.8, 4) is 0 Å². The fourth-order valence-electron chi connectivity index (χ4n) is 2.98. The van der Waals surface area contributed by atoms with E-state index in [-0.39, 0.29) is 0 Å². The average molecular weight is 409 g/mol. The second-order valence-electron chi connectivity index (χ2n) is 6.09. The van der Waals surface area contributed by atoms with Gasteiger partial charge in [-0.3, -0.25) is 9.97 Å². The molecule has 2 aromatic heterocycles. The maximum Gasteiger partial charge on any atom is 0.0714 e. The number of benzene rings is 2. The van der Waals surface area contributed by atoms with Crippen molar-refractivity contribution in [1.82, 2.24) is 9.97 Å². The maximum atomic E-state index is 4.73. The van der Waals surface area contributed by atoms with E-state index in [0.717, 1.165) is 23.2 Å². The van der Waals surface area contributed by atoms with Crippen molar-refractivity contribution in [2.24, 2.45) is 0 Å². The number of pyridine rings is 2. The molecule has 0 N–H and O–H groups in total. The lowest BCUT2D eigenvalue weighted by molar-refractivity contribution is 1.10. The summed E-state index contributed by atoms with van der Waals surface area (Å²) in [6.07, 6.45) is 7.29. The quantitative estimate of drug-likeness (QED) is 0.315. The Labute approximate surface area is 172 Å². The molecular weight excluding hydrogens is 388 g/mol. The van der Waals surface area contributed by atoms with Gasteiger partial charge in [-0.05, 0) is 30.6 Å². The van der Waals surface area contributed by atoms with Gasteiger partial charge in [0.15, 0.2) is 0 Å². The van der Waals surface area contributed by atoms with E-state index < -0.39 is 0 Å². The molecule has 2 nitrogen and oxygen atoms in total. The summed E-state index contributed by atoms with van der Waals surface area (Å²) in [6, 6.07) is 16.8. The number of para-hydroxylation sites is 2. The third kappa shape index (κ3) is 3.82. The second kappa shape index (κ2) is 8.55. The minimum Gasteiger partial charge on any atom is -0.255 e. The summed E-state index contributed by atoms with van der Waals surface area (Å²) in [5, 5.41) is 2.44. The molecule has 0 saturated carbocycles. The molecule has 2 aromatic carbocycles. The smallest absolute Gasteiger partial charge is 0.0714 e. The molecule has 27 heavy (non-hydrogen) atoms. The van der Waals surface area contributed by atoms with Crippen LogP contribution in [0.1, 0.15) is 13.3 Å². The number of hydrogen-bond donors (Lipinski definition) is 0. The molecule has 0 fully saturated rings. The predicted molar refractivity (Wildman–Crippen MR) is 120 cm³/mol. The van der Waals surface area contributed by atoms with Crippen LogP contribution in [0, 0.1) is 0 Å². The Bertz CT molecular complexity index is 1100. The topological polar surface area (TPSA) is 25.8 Å². The van der Waals surface area contributed by atoms with Crippen LogP contribution in [0.5, 0.6) is 0 Å². The largest absolute Gasteiger partial charge is 0.255 e. The van der Waals surface area contributed by atoms with Crippen molar-refractivity contribution in [2.45, 2.75) is 32.9 Å². The molecule has 0 aliphatic rings. The zero-order chi connectivity index (χ0) is 18.6. The van der Waals surface area contributed by atoms with E-state index in [2.05, 4.69) is 60.6 Å². The van der Waals surface area contributed by atoms with Gasteiger partial charge in [-0.15, -0.1) is 23.5 Å². The van der Waals surface area contributed by atoms with Gasteiger partial charge in [-0.25, -0.2) is 0 Å². The van der Waals surface area contributed by atoms with Crippen molar-refractivity contribution < 1.29 is 0 Å². The molecule has 0 aliphatic carbocycles. The van der Waals surface area contributed by atoms with Crippen LogP contribution >= 0.6 is 35.3 Å². The third-order valence-electron chi connectivity index (χ3n) is 4.27. The second-order valence-corrected chi connectivity index (χ2v) is 9.10. The lowest BCUT2D eigenvalue weighted by Gasteiger charge is -2.14. The monoisotopic (exact) mass is 408 g/mol. The van der Waals surface area contributed by atoms with E-state index in [0.29, 0.717) is 0 Å². The molecule has 136 valence electrons. The van der Waals surface area contributed by atoms with E-state index in [9.17, 15) is 0 Å². The average Bonchev–Trinajstić information content (AvgIpc) is 2.73. The lowest BCUT2D eigenvalue weighted by atomic mass is 10.2. The number of nitrogens with zero attached hydrogens (tertiary/aromatic N) is 2. The number of fused-ring (bicyclic) bond motifs is 2. The summed E-state index contributed by atoms with van der Waals surface area (Å²) < 4.78 is 0. The van der Waals surface area contributed by atoms with Crippen molar-refractivity contribution >= 4 is 57.1 Å². The van der Waals surface area contributed by atoms with Gasteiger partial charge < -0.3 is 0 Å². The van der Waals surface area contributed by atoms with E-state index >= 15 is 0 Å². The van der Waals surface area contributed by atoms with Crippen LogP contribution in [0.15, 0.2) is 80.5 Å². The molecule has 4 aromatic rings. The molecule has 0 saturated heterocycles. The fourth-order valence-corrected chi connectivity index (χ4v) is 6.01. The van der Waals surface area contributed by atoms with Crippen LogP contribution in [0.4, 0.5) is 0 Å². The Balaban J connectivity index is 1.88. The Hall–Kier alpha value is -1.69. The minimum absolute atomic E-state index is 1.04. The van der Waals surface area contributed by atoms with Crippen LogP contribution in [0.2, 0.25) is 0 Å². The standard InChI is InChI=1S/C22H20N2S3/c1-3-12-26-21-15-8-4-6-10-17(15)24-14-20(21)27-22-16-9-5-7-11-18(16)23-13-19(22)25-2/h4-11,13-14H,3,12H2,1-2H3. The lowest BCUT2D eigenvalue weighted by Crippen LogP contribution is -1.90. The molecule has 0 spiro atoms. The molecule has 0 radical (unpaired) electrons. The van der Waals surface area contributed by atoms with Crippen LogP contribution < -0.4 is 0 Å². The van der Waals surface area contributed by atoms with Gasteiger partial charge in [0.1, 0.15) is 0 Å². The van der Waals surface area contributed by atoms with E-state index in [4.69, 9.17) is 4.98 Å². The summed E-state index contributed by atoms with van der Waals surface area (Å²) in [6.45, 7) is 2.23. The Morgan fingerprint density at radius 3 is 2.00 bits per heavy atom. The normalized spacial score (nSPS) is 11.3. The first kappa shape index (κ1) is 18.7. The Kier molecular flexibility index (Phi) is 5.91.